The molecule has 1 aromatic carbocycles. The van der Waals surface area contributed by atoms with Gasteiger partial charge in [-0.25, -0.2) is 8.78 Å². The van der Waals surface area contributed by atoms with Gasteiger partial charge in [0.25, 0.3) is 0 Å². The van der Waals surface area contributed by atoms with Crippen molar-refractivity contribution in [1.82, 2.24) is 4.98 Å². The summed E-state index contributed by atoms with van der Waals surface area (Å²) in [6.07, 6.45) is 2.25. The van der Waals surface area contributed by atoms with Crippen molar-refractivity contribution in [2.45, 2.75) is 19.4 Å². The van der Waals surface area contributed by atoms with Crippen LogP contribution in [0.4, 0.5) is 8.78 Å². The van der Waals surface area contributed by atoms with E-state index in [0.29, 0.717) is 12.0 Å². The van der Waals surface area contributed by atoms with Gasteiger partial charge in [-0.15, -0.1) is 0 Å². The lowest BCUT2D eigenvalue weighted by Gasteiger charge is -2.12. The summed E-state index contributed by atoms with van der Waals surface area (Å²) in [6.45, 7) is 1.95. The third kappa shape index (κ3) is 2.90. The summed E-state index contributed by atoms with van der Waals surface area (Å²) in [5.41, 5.74) is 8.42. The molecule has 0 radical (unpaired) electrons. The van der Waals surface area contributed by atoms with Crippen LogP contribution >= 0.6 is 0 Å². The van der Waals surface area contributed by atoms with Crippen molar-refractivity contribution in [2.24, 2.45) is 5.73 Å². The fraction of sp³-hybridized carbons (Fsp3) is 0.214. The Morgan fingerprint density at radius 2 is 1.94 bits per heavy atom. The monoisotopic (exact) mass is 248 g/mol. The maximum atomic E-state index is 13.1. The van der Waals surface area contributed by atoms with E-state index in [4.69, 9.17) is 5.73 Å². The SMILES string of the molecule is Cc1ccc(CC(N)c2ccc(F)c(F)c2)nc1. The lowest BCUT2D eigenvalue weighted by molar-refractivity contribution is 0.505. The molecule has 0 aliphatic rings. The average molecular weight is 248 g/mol. The standard InChI is InChI=1S/C14H14F2N2/c1-9-2-4-11(18-8-9)7-14(17)10-3-5-12(15)13(16)6-10/h2-6,8,14H,7,17H2,1H3. The number of rotatable bonds is 3. The van der Waals surface area contributed by atoms with Crippen molar-refractivity contribution in [3.8, 4) is 0 Å². The molecule has 0 aliphatic carbocycles. The topological polar surface area (TPSA) is 38.9 Å². The highest BCUT2D eigenvalue weighted by molar-refractivity contribution is 5.23. The molecule has 1 atom stereocenters. The Kier molecular flexibility index (Phi) is 3.67. The number of aromatic nitrogens is 1. The summed E-state index contributed by atoms with van der Waals surface area (Å²) in [7, 11) is 0. The first-order valence-electron chi connectivity index (χ1n) is 5.68. The molecule has 1 heterocycles. The van der Waals surface area contributed by atoms with Crippen LogP contribution in [0.25, 0.3) is 0 Å². The molecule has 2 aromatic rings. The number of hydrogen-bond donors (Lipinski definition) is 1. The first-order valence-corrected chi connectivity index (χ1v) is 5.68. The second-order valence-electron chi connectivity index (χ2n) is 4.31. The van der Waals surface area contributed by atoms with E-state index in [-0.39, 0.29) is 0 Å². The van der Waals surface area contributed by atoms with Crippen LogP contribution in [-0.4, -0.2) is 4.98 Å². The predicted octanol–water partition coefficient (Wildman–Crippen LogP) is 2.91. The normalized spacial score (nSPS) is 12.4. The van der Waals surface area contributed by atoms with Gasteiger partial charge in [-0.2, -0.15) is 0 Å². The zero-order valence-corrected chi connectivity index (χ0v) is 10.0. The molecular weight excluding hydrogens is 234 g/mol. The van der Waals surface area contributed by atoms with E-state index in [9.17, 15) is 8.78 Å². The summed E-state index contributed by atoms with van der Waals surface area (Å²) in [6, 6.07) is 7.16. The van der Waals surface area contributed by atoms with E-state index in [1.165, 1.54) is 6.07 Å². The summed E-state index contributed by atoms with van der Waals surface area (Å²) < 4.78 is 25.9. The quantitative estimate of drug-likeness (QED) is 0.907. The second-order valence-corrected chi connectivity index (χ2v) is 4.31. The number of nitrogens with zero attached hydrogens (tertiary/aromatic N) is 1. The predicted molar refractivity (Wildman–Crippen MR) is 66.0 cm³/mol. The Morgan fingerprint density at radius 1 is 1.17 bits per heavy atom. The van der Waals surface area contributed by atoms with Crippen LogP contribution in [0.3, 0.4) is 0 Å². The number of benzene rings is 1. The number of aryl methyl sites for hydroxylation is 1. The molecule has 94 valence electrons. The fourth-order valence-electron chi connectivity index (χ4n) is 1.71. The minimum Gasteiger partial charge on any atom is -0.324 e. The number of halogens is 2. The molecule has 1 unspecified atom stereocenters. The Balaban J connectivity index is 2.13. The zero-order chi connectivity index (χ0) is 13.1. The zero-order valence-electron chi connectivity index (χ0n) is 10.0. The third-order valence-electron chi connectivity index (χ3n) is 2.77. The molecule has 0 aliphatic heterocycles. The van der Waals surface area contributed by atoms with Crippen LogP contribution in [0.5, 0.6) is 0 Å². The molecule has 4 heteroatoms. The Hall–Kier alpha value is -1.81. The van der Waals surface area contributed by atoms with Crippen LogP contribution < -0.4 is 5.73 Å². The first kappa shape index (κ1) is 12.6. The second kappa shape index (κ2) is 5.23. The Morgan fingerprint density at radius 3 is 2.56 bits per heavy atom. The highest BCUT2D eigenvalue weighted by atomic mass is 19.2. The van der Waals surface area contributed by atoms with Gasteiger partial charge in [0.2, 0.25) is 0 Å². The van der Waals surface area contributed by atoms with Crippen molar-refractivity contribution in [2.75, 3.05) is 0 Å². The van der Waals surface area contributed by atoms with E-state index in [1.54, 1.807) is 6.20 Å². The van der Waals surface area contributed by atoms with Crippen LogP contribution in [-0.2, 0) is 6.42 Å². The van der Waals surface area contributed by atoms with Gasteiger partial charge >= 0.3 is 0 Å². The molecule has 0 saturated carbocycles. The van der Waals surface area contributed by atoms with E-state index in [0.717, 1.165) is 23.4 Å². The molecule has 0 bridgehead atoms. The van der Waals surface area contributed by atoms with E-state index < -0.39 is 17.7 Å². The minimum atomic E-state index is -0.875. The van der Waals surface area contributed by atoms with Gasteiger partial charge in [-0.3, -0.25) is 4.98 Å². The van der Waals surface area contributed by atoms with Crippen molar-refractivity contribution in [3.63, 3.8) is 0 Å². The molecule has 2 rings (SSSR count). The van der Waals surface area contributed by atoms with Crippen molar-refractivity contribution < 1.29 is 8.78 Å². The largest absolute Gasteiger partial charge is 0.324 e. The van der Waals surface area contributed by atoms with Gasteiger partial charge in [0.05, 0.1) is 0 Å². The molecule has 18 heavy (non-hydrogen) atoms. The molecule has 0 saturated heterocycles. The molecular formula is C14H14F2N2. The van der Waals surface area contributed by atoms with Crippen LogP contribution in [0.15, 0.2) is 36.5 Å². The molecule has 0 fully saturated rings. The lowest BCUT2D eigenvalue weighted by atomic mass is 10.0. The maximum absolute atomic E-state index is 13.1. The smallest absolute Gasteiger partial charge is 0.159 e. The van der Waals surface area contributed by atoms with Gasteiger partial charge in [0.1, 0.15) is 0 Å². The Bertz CT molecular complexity index is 538. The average Bonchev–Trinajstić information content (AvgIpc) is 2.35. The van der Waals surface area contributed by atoms with E-state index in [2.05, 4.69) is 4.98 Å². The summed E-state index contributed by atoms with van der Waals surface area (Å²) in [5, 5.41) is 0. The van der Waals surface area contributed by atoms with Gasteiger partial charge < -0.3 is 5.73 Å². The van der Waals surface area contributed by atoms with Crippen molar-refractivity contribution in [1.29, 1.82) is 0 Å². The molecule has 0 amide bonds. The number of hydrogen-bond acceptors (Lipinski definition) is 2. The number of pyridine rings is 1. The summed E-state index contributed by atoms with van der Waals surface area (Å²) in [4.78, 5) is 4.24. The van der Waals surface area contributed by atoms with Crippen LogP contribution in [0, 0.1) is 18.6 Å². The van der Waals surface area contributed by atoms with Crippen molar-refractivity contribution in [3.05, 3.63) is 65.0 Å². The van der Waals surface area contributed by atoms with Gasteiger partial charge in [0.15, 0.2) is 11.6 Å². The maximum Gasteiger partial charge on any atom is 0.159 e. The van der Waals surface area contributed by atoms with Crippen LogP contribution in [0.2, 0.25) is 0 Å². The molecule has 2 nitrogen and oxygen atoms in total. The Labute approximate surface area is 104 Å². The van der Waals surface area contributed by atoms with Gasteiger partial charge in [0, 0.05) is 24.4 Å². The summed E-state index contributed by atoms with van der Waals surface area (Å²) in [5.74, 6) is -1.74. The van der Waals surface area contributed by atoms with E-state index >= 15 is 0 Å². The highest BCUT2D eigenvalue weighted by Crippen LogP contribution is 2.17. The third-order valence-corrected chi connectivity index (χ3v) is 2.77. The fourth-order valence-corrected chi connectivity index (χ4v) is 1.71. The molecule has 0 spiro atoms. The number of nitrogens with two attached hydrogens (primary N) is 1. The van der Waals surface area contributed by atoms with E-state index in [1.807, 2.05) is 19.1 Å². The van der Waals surface area contributed by atoms with Crippen LogP contribution in [0.1, 0.15) is 22.9 Å². The minimum absolute atomic E-state index is 0.393. The summed E-state index contributed by atoms with van der Waals surface area (Å²) >= 11 is 0. The molecule has 1 aromatic heterocycles. The van der Waals surface area contributed by atoms with Crippen molar-refractivity contribution >= 4 is 0 Å². The van der Waals surface area contributed by atoms with Gasteiger partial charge in [-0.05, 0) is 36.2 Å². The highest BCUT2D eigenvalue weighted by Gasteiger charge is 2.11. The molecule has 2 N–H and O–H groups in total. The lowest BCUT2D eigenvalue weighted by Crippen LogP contribution is -2.14. The van der Waals surface area contributed by atoms with Gasteiger partial charge in [-0.1, -0.05) is 12.1 Å². The first-order chi connectivity index (χ1) is 8.56.